The van der Waals surface area contributed by atoms with Crippen LogP contribution >= 0.6 is 0 Å². The molecule has 1 aliphatic heterocycles. The fourth-order valence-corrected chi connectivity index (χ4v) is 11.6. The van der Waals surface area contributed by atoms with E-state index in [0.717, 1.165) is 42.9 Å². The second kappa shape index (κ2) is 18.3. The molecular weight excluding hydrogens is 761 g/mol. The molecule has 0 radical (unpaired) electrons. The van der Waals surface area contributed by atoms with Gasteiger partial charge in [0.25, 0.3) is 0 Å². The molecule has 0 bridgehead atoms. The van der Waals surface area contributed by atoms with Crippen LogP contribution in [0.5, 0.6) is 0 Å². The van der Waals surface area contributed by atoms with Gasteiger partial charge in [0.05, 0.1) is 22.3 Å². The maximum absolute atomic E-state index is 13.7. The van der Waals surface area contributed by atoms with Gasteiger partial charge in [0, 0.05) is 6.92 Å². The van der Waals surface area contributed by atoms with Crippen molar-refractivity contribution in [3.05, 3.63) is 11.6 Å². The molecule has 0 aromatic heterocycles. The standard InChI is InChI=1S/C50H82O10/c1-29(2)17-16-18-30(3)35-21-22-36-34-20-19-32-27-33(23-25-49(32,14)37(34)24-26-50(35,36)15)57-42-41(60-45(54)48(11,12)13)40(59-44(53)47(8,9)10)39(56-31(4)51)38(58-42)28-55-43(52)46(5,6)7/h19,29-30,33-42H,16-18,20-28H2,1-15H3/t30-,33+,34+,35-,36+,37+,38-,39+,40+,41-,42-,49+,50-/m1/s1. The Morgan fingerprint density at radius 2 is 1.37 bits per heavy atom. The fraction of sp³-hybridized carbons (Fsp3) is 0.880. The van der Waals surface area contributed by atoms with E-state index < -0.39 is 70.8 Å². The number of allylic oxidation sites excluding steroid dienone is 1. The van der Waals surface area contributed by atoms with Crippen molar-refractivity contribution in [3.63, 3.8) is 0 Å². The molecule has 4 fully saturated rings. The van der Waals surface area contributed by atoms with Crippen molar-refractivity contribution >= 4 is 23.9 Å². The van der Waals surface area contributed by atoms with Crippen LogP contribution in [0.3, 0.4) is 0 Å². The fourth-order valence-electron chi connectivity index (χ4n) is 11.6. The quantitative estimate of drug-likeness (QED) is 0.107. The van der Waals surface area contributed by atoms with Crippen molar-refractivity contribution in [3.8, 4) is 0 Å². The summed E-state index contributed by atoms with van der Waals surface area (Å²) < 4.78 is 37.4. The van der Waals surface area contributed by atoms with Gasteiger partial charge in [-0.25, -0.2) is 0 Å². The molecule has 0 aromatic rings. The van der Waals surface area contributed by atoms with Crippen LogP contribution in [-0.2, 0) is 47.6 Å². The molecule has 0 unspecified atom stereocenters. The minimum absolute atomic E-state index is 0.0749. The van der Waals surface area contributed by atoms with Crippen molar-refractivity contribution in [2.45, 2.75) is 211 Å². The lowest BCUT2D eigenvalue weighted by Gasteiger charge is -2.58. The molecule has 4 aliphatic carbocycles. The number of hydrogen-bond donors (Lipinski definition) is 0. The maximum atomic E-state index is 13.7. The van der Waals surface area contributed by atoms with E-state index in [0.29, 0.717) is 23.7 Å². The summed E-state index contributed by atoms with van der Waals surface area (Å²) in [6, 6.07) is 0. The van der Waals surface area contributed by atoms with Crippen LogP contribution in [0.25, 0.3) is 0 Å². The highest BCUT2D eigenvalue weighted by Crippen LogP contribution is 2.67. The number of rotatable bonds is 12. The predicted molar refractivity (Wildman–Crippen MR) is 231 cm³/mol. The van der Waals surface area contributed by atoms with Crippen molar-refractivity contribution in [1.82, 2.24) is 0 Å². The lowest BCUT2D eigenvalue weighted by atomic mass is 9.47. The van der Waals surface area contributed by atoms with Gasteiger partial charge in [-0.1, -0.05) is 65.5 Å². The maximum Gasteiger partial charge on any atom is 0.311 e. The molecule has 0 amide bonds. The van der Waals surface area contributed by atoms with Gasteiger partial charge in [-0.15, -0.1) is 0 Å². The van der Waals surface area contributed by atoms with Gasteiger partial charge in [-0.3, -0.25) is 19.2 Å². The summed E-state index contributed by atoms with van der Waals surface area (Å²) in [7, 11) is 0. The molecule has 0 N–H and O–H groups in total. The predicted octanol–water partition coefficient (Wildman–Crippen LogP) is 10.6. The monoisotopic (exact) mass is 843 g/mol. The van der Waals surface area contributed by atoms with Crippen molar-refractivity contribution in [2.75, 3.05) is 6.61 Å². The summed E-state index contributed by atoms with van der Waals surface area (Å²) in [5, 5.41) is 0. The molecule has 5 aliphatic rings. The summed E-state index contributed by atoms with van der Waals surface area (Å²) in [5.41, 5.74) is -0.755. The zero-order chi connectivity index (χ0) is 44.7. The lowest BCUT2D eigenvalue weighted by molar-refractivity contribution is -0.321. The third-order valence-corrected chi connectivity index (χ3v) is 15.2. The molecule has 10 nitrogen and oxygen atoms in total. The normalized spacial score (nSPS) is 36.2. The summed E-state index contributed by atoms with van der Waals surface area (Å²) in [6.45, 7) is 28.9. The van der Waals surface area contributed by atoms with E-state index in [1.54, 1.807) is 62.3 Å². The van der Waals surface area contributed by atoms with E-state index in [1.807, 2.05) is 0 Å². The van der Waals surface area contributed by atoms with Gasteiger partial charge in [0.2, 0.25) is 0 Å². The number of carbonyl (C=O) groups is 4. The summed E-state index contributed by atoms with van der Waals surface area (Å²) >= 11 is 0. The van der Waals surface area contributed by atoms with Crippen molar-refractivity contribution < 1.29 is 47.6 Å². The Kier molecular flexibility index (Phi) is 14.8. The van der Waals surface area contributed by atoms with Gasteiger partial charge < -0.3 is 28.4 Å². The largest absolute Gasteiger partial charge is 0.462 e. The van der Waals surface area contributed by atoms with Crippen LogP contribution < -0.4 is 0 Å². The Morgan fingerprint density at radius 3 is 1.95 bits per heavy atom. The van der Waals surface area contributed by atoms with Crippen LogP contribution in [0.1, 0.15) is 174 Å². The van der Waals surface area contributed by atoms with E-state index in [-0.39, 0.29) is 18.1 Å². The third-order valence-electron chi connectivity index (χ3n) is 15.2. The van der Waals surface area contributed by atoms with Gasteiger partial charge in [-0.2, -0.15) is 0 Å². The lowest BCUT2D eigenvalue weighted by Crippen LogP contribution is -2.64. The molecule has 60 heavy (non-hydrogen) atoms. The number of esters is 4. The van der Waals surface area contributed by atoms with Gasteiger partial charge >= 0.3 is 23.9 Å². The van der Waals surface area contributed by atoms with E-state index >= 15 is 0 Å². The smallest absolute Gasteiger partial charge is 0.311 e. The number of hydrogen-bond acceptors (Lipinski definition) is 10. The molecule has 0 spiro atoms. The zero-order valence-electron chi connectivity index (χ0n) is 40.1. The van der Waals surface area contributed by atoms with Crippen LogP contribution in [0, 0.1) is 62.6 Å². The Labute approximate surface area is 362 Å². The van der Waals surface area contributed by atoms with Crippen molar-refractivity contribution in [1.29, 1.82) is 0 Å². The van der Waals surface area contributed by atoms with E-state index in [2.05, 4.69) is 40.7 Å². The highest BCUT2D eigenvalue weighted by Gasteiger charge is 2.60. The van der Waals surface area contributed by atoms with E-state index in [9.17, 15) is 19.2 Å². The SMILES string of the molecule is CC(=O)O[C@@H]1[C@H](OC(=O)C(C)(C)C)[C@@H](OC(=O)C(C)(C)C)[C@H](O[C@H]2CC[C@@]3(C)C(=CC[C@H]4[C@@H]5CC[C@H]([C@H](C)CCCC(C)C)[C@@]5(C)CC[C@@H]43)C2)O[C@@H]1COC(=O)C(C)(C)C. The number of fused-ring (bicyclic) bond motifs is 5. The highest BCUT2D eigenvalue weighted by molar-refractivity contribution is 5.77. The first kappa shape index (κ1) is 48.6. The van der Waals surface area contributed by atoms with Gasteiger partial charge in [0.15, 0.2) is 24.6 Å². The summed E-state index contributed by atoms with van der Waals surface area (Å²) in [5.74, 6) is 2.16. The van der Waals surface area contributed by atoms with Crippen LogP contribution in [0.4, 0.5) is 0 Å². The van der Waals surface area contributed by atoms with Crippen molar-refractivity contribution in [2.24, 2.45) is 62.6 Å². The Balaban J connectivity index is 1.41. The first-order valence-electron chi connectivity index (χ1n) is 23.4. The summed E-state index contributed by atoms with van der Waals surface area (Å²) in [6.07, 6.45) is 8.92. The molecule has 13 atom stereocenters. The highest BCUT2D eigenvalue weighted by atomic mass is 16.7. The molecule has 1 saturated heterocycles. The number of carbonyl (C=O) groups excluding carboxylic acids is 4. The average Bonchev–Trinajstić information content (AvgIpc) is 3.48. The Bertz CT molecular complexity index is 1580. The third kappa shape index (κ3) is 10.7. The molecule has 342 valence electrons. The minimum Gasteiger partial charge on any atom is -0.462 e. The second-order valence-electron chi connectivity index (χ2n) is 23.5. The Hall–Kier alpha value is -2.46. The topological polar surface area (TPSA) is 124 Å². The Morgan fingerprint density at radius 1 is 0.750 bits per heavy atom. The number of ether oxygens (including phenoxy) is 6. The van der Waals surface area contributed by atoms with Gasteiger partial charge in [0.1, 0.15) is 12.7 Å². The molecule has 5 rings (SSSR count). The first-order chi connectivity index (χ1) is 27.7. The van der Waals surface area contributed by atoms with E-state index in [1.165, 1.54) is 57.4 Å². The van der Waals surface area contributed by atoms with E-state index in [4.69, 9.17) is 28.4 Å². The second-order valence-corrected chi connectivity index (χ2v) is 23.5. The molecule has 10 heteroatoms. The molecule has 1 heterocycles. The van der Waals surface area contributed by atoms with Crippen LogP contribution in [0.15, 0.2) is 11.6 Å². The van der Waals surface area contributed by atoms with Crippen LogP contribution in [-0.4, -0.2) is 67.3 Å². The first-order valence-corrected chi connectivity index (χ1v) is 23.4. The molecule has 0 aromatic carbocycles. The molecule has 3 saturated carbocycles. The zero-order valence-corrected chi connectivity index (χ0v) is 40.1. The van der Waals surface area contributed by atoms with Gasteiger partial charge in [-0.05, 0) is 160 Å². The minimum atomic E-state index is -1.31. The van der Waals surface area contributed by atoms with Crippen LogP contribution in [0.2, 0.25) is 0 Å². The summed E-state index contributed by atoms with van der Waals surface area (Å²) in [4.78, 5) is 53.0. The average molecular weight is 843 g/mol. The molecular formula is C50H82O10.